The molecule has 1 N–H and O–H groups in total. The van der Waals surface area contributed by atoms with Crippen molar-refractivity contribution in [1.29, 1.82) is 0 Å². The fraction of sp³-hybridized carbons (Fsp3) is 0.467. The van der Waals surface area contributed by atoms with E-state index in [1.807, 2.05) is 25.2 Å². The van der Waals surface area contributed by atoms with Gasteiger partial charge in [0.15, 0.2) is 5.58 Å². The van der Waals surface area contributed by atoms with E-state index in [1.165, 1.54) is 6.42 Å². The molecule has 0 aliphatic rings. The number of halogens is 1. The van der Waals surface area contributed by atoms with E-state index in [0.29, 0.717) is 10.9 Å². The number of rotatable bonds is 5. The lowest BCUT2D eigenvalue weighted by Crippen LogP contribution is -2.16. The monoisotopic (exact) mass is 265 g/mol. The molecular formula is C15H20ClNO. The molecule has 1 aromatic carbocycles. The van der Waals surface area contributed by atoms with Crippen molar-refractivity contribution in [1.82, 2.24) is 5.32 Å². The average molecular weight is 266 g/mol. The molecular weight excluding hydrogens is 246 g/mol. The molecule has 1 aromatic heterocycles. The zero-order valence-electron chi connectivity index (χ0n) is 11.2. The number of furan rings is 1. The predicted octanol–water partition coefficient (Wildman–Crippen LogP) is 4.78. The molecule has 0 amide bonds. The minimum atomic E-state index is 0.260. The van der Waals surface area contributed by atoms with Gasteiger partial charge < -0.3 is 9.73 Å². The van der Waals surface area contributed by atoms with Crippen molar-refractivity contribution in [2.45, 2.75) is 32.7 Å². The maximum atomic E-state index is 6.13. The van der Waals surface area contributed by atoms with Gasteiger partial charge in [-0.05, 0) is 37.9 Å². The summed E-state index contributed by atoms with van der Waals surface area (Å²) in [6, 6.07) is 8.19. The van der Waals surface area contributed by atoms with Crippen LogP contribution in [0.1, 0.15) is 38.5 Å². The lowest BCUT2D eigenvalue weighted by molar-refractivity contribution is 0.401. The van der Waals surface area contributed by atoms with Crippen LogP contribution in [-0.2, 0) is 0 Å². The van der Waals surface area contributed by atoms with Gasteiger partial charge in [0.2, 0.25) is 0 Å². The third-order valence-corrected chi connectivity index (χ3v) is 3.54. The first kappa shape index (κ1) is 13.4. The van der Waals surface area contributed by atoms with E-state index in [4.69, 9.17) is 16.0 Å². The number of hydrogen-bond acceptors (Lipinski definition) is 2. The molecule has 1 unspecified atom stereocenters. The zero-order chi connectivity index (χ0) is 13.1. The normalized spacial score (nSPS) is 13.4. The molecule has 98 valence electrons. The third kappa shape index (κ3) is 2.88. The Morgan fingerprint density at radius 1 is 1.28 bits per heavy atom. The summed E-state index contributed by atoms with van der Waals surface area (Å²) in [6.45, 7) is 4.48. The molecule has 2 nitrogen and oxygen atoms in total. The van der Waals surface area contributed by atoms with Crippen LogP contribution >= 0.6 is 11.6 Å². The number of benzene rings is 1. The van der Waals surface area contributed by atoms with Crippen LogP contribution in [0.2, 0.25) is 5.02 Å². The number of fused-ring (bicyclic) bond motifs is 1. The van der Waals surface area contributed by atoms with Crippen molar-refractivity contribution in [3.05, 3.63) is 35.0 Å². The van der Waals surface area contributed by atoms with E-state index >= 15 is 0 Å². The standard InChI is InChI=1S/C15H20ClNO/c1-10(2)7-8-13(17-3)14-9-11-5-4-6-12(16)15(11)18-14/h4-6,9-10,13,17H,7-8H2,1-3H3. The van der Waals surface area contributed by atoms with Crippen LogP contribution in [0.5, 0.6) is 0 Å². The van der Waals surface area contributed by atoms with E-state index in [-0.39, 0.29) is 6.04 Å². The van der Waals surface area contributed by atoms with Crippen molar-refractivity contribution >= 4 is 22.6 Å². The SMILES string of the molecule is CNC(CCC(C)C)c1cc2cccc(Cl)c2o1. The van der Waals surface area contributed by atoms with E-state index in [0.717, 1.165) is 23.2 Å². The van der Waals surface area contributed by atoms with Crippen molar-refractivity contribution in [2.75, 3.05) is 7.05 Å². The largest absolute Gasteiger partial charge is 0.458 e. The highest BCUT2D eigenvalue weighted by Gasteiger charge is 2.16. The van der Waals surface area contributed by atoms with Crippen LogP contribution in [0.25, 0.3) is 11.0 Å². The second kappa shape index (κ2) is 5.77. The first-order valence-electron chi connectivity index (χ1n) is 6.47. The minimum Gasteiger partial charge on any atom is -0.458 e. The van der Waals surface area contributed by atoms with Gasteiger partial charge in [0, 0.05) is 5.39 Å². The minimum absolute atomic E-state index is 0.260. The second-order valence-corrected chi connectivity index (χ2v) is 5.53. The molecule has 0 saturated carbocycles. The van der Waals surface area contributed by atoms with Gasteiger partial charge in [0.25, 0.3) is 0 Å². The molecule has 0 bridgehead atoms. The fourth-order valence-corrected chi connectivity index (χ4v) is 2.37. The molecule has 0 radical (unpaired) electrons. The highest BCUT2D eigenvalue weighted by molar-refractivity contribution is 6.34. The Morgan fingerprint density at radius 3 is 2.67 bits per heavy atom. The summed E-state index contributed by atoms with van der Waals surface area (Å²) < 4.78 is 5.89. The van der Waals surface area contributed by atoms with Crippen LogP contribution < -0.4 is 5.32 Å². The van der Waals surface area contributed by atoms with Gasteiger partial charge in [0.05, 0.1) is 11.1 Å². The molecule has 0 aliphatic heterocycles. The molecule has 0 spiro atoms. The lowest BCUT2D eigenvalue weighted by atomic mass is 10.0. The number of para-hydroxylation sites is 1. The third-order valence-electron chi connectivity index (χ3n) is 3.24. The van der Waals surface area contributed by atoms with Gasteiger partial charge in [-0.25, -0.2) is 0 Å². The summed E-state index contributed by atoms with van der Waals surface area (Å²) in [7, 11) is 1.97. The Labute approximate surface area is 113 Å². The van der Waals surface area contributed by atoms with Gasteiger partial charge >= 0.3 is 0 Å². The Kier molecular flexibility index (Phi) is 4.31. The maximum Gasteiger partial charge on any atom is 0.152 e. The Hall–Kier alpha value is -0.990. The summed E-state index contributed by atoms with van der Waals surface area (Å²) in [5.74, 6) is 1.68. The van der Waals surface area contributed by atoms with Gasteiger partial charge in [-0.1, -0.05) is 37.6 Å². The molecule has 0 aliphatic carbocycles. The molecule has 18 heavy (non-hydrogen) atoms. The lowest BCUT2D eigenvalue weighted by Gasteiger charge is -2.14. The quantitative estimate of drug-likeness (QED) is 0.841. The summed E-state index contributed by atoms with van der Waals surface area (Å²) in [5, 5.41) is 5.07. The fourth-order valence-electron chi connectivity index (χ4n) is 2.15. The van der Waals surface area contributed by atoms with Crippen LogP contribution in [0.15, 0.2) is 28.7 Å². The van der Waals surface area contributed by atoms with Crippen molar-refractivity contribution in [3.63, 3.8) is 0 Å². The summed E-state index contributed by atoms with van der Waals surface area (Å²) in [4.78, 5) is 0. The second-order valence-electron chi connectivity index (χ2n) is 5.12. The smallest absolute Gasteiger partial charge is 0.152 e. The first-order chi connectivity index (χ1) is 8.61. The van der Waals surface area contributed by atoms with E-state index < -0.39 is 0 Å². The van der Waals surface area contributed by atoms with Crippen LogP contribution in [0.4, 0.5) is 0 Å². The van der Waals surface area contributed by atoms with Gasteiger partial charge in [-0.15, -0.1) is 0 Å². The highest BCUT2D eigenvalue weighted by Crippen LogP contribution is 2.31. The number of nitrogens with one attached hydrogen (secondary N) is 1. The van der Waals surface area contributed by atoms with Gasteiger partial charge in [0.1, 0.15) is 5.76 Å². The maximum absolute atomic E-state index is 6.13. The van der Waals surface area contributed by atoms with Crippen LogP contribution in [0, 0.1) is 5.92 Å². The van der Waals surface area contributed by atoms with Gasteiger partial charge in [-0.2, -0.15) is 0 Å². The van der Waals surface area contributed by atoms with E-state index in [2.05, 4.69) is 25.2 Å². The molecule has 0 fully saturated rings. The molecule has 1 atom stereocenters. The number of hydrogen-bond donors (Lipinski definition) is 1. The van der Waals surface area contributed by atoms with Crippen LogP contribution in [-0.4, -0.2) is 7.05 Å². The molecule has 2 aromatic rings. The molecule has 1 heterocycles. The Balaban J connectivity index is 2.25. The first-order valence-corrected chi connectivity index (χ1v) is 6.85. The topological polar surface area (TPSA) is 25.2 Å². The average Bonchev–Trinajstić information content (AvgIpc) is 2.75. The van der Waals surface area contributed by atoms with E-state index in [9.17, 15) is 0 Å². The van der Waals surface area contributed by atoms with Crippen molar-refractivity contribution in [2.24, 2.45) is 5.92 Å². The molecule has 3 heteroatoms. The Bertz CT molecular complexity index is 518. The predicted molar refractivity (Wildman–Crippen MR) is 77.1 cm³/mol. The summed E-state index contributed by atoms with van der Waals surface area (Å²) in [6.07, 6.45) is 2.25. The zero-order valence-corrected chi connectivity index (χ0v) is 11.9. The summed E-state index contributed by atoms with van der Waals surface area (Å²) in [5.41, 5.74) is 0.791. The van der Waals surface area contributed by atoms with Gasteiger partial charge in [-0.3, -0.25) is 0 Å². The van der Waals surface area contributed by atoms with E-state index in [1.54, 1.807) is 0 Å². The highest BCUT2D eigenvalue weighted by atomic mass is 35.5. The Morgan fingerprint density at radius 2 is 2.06 bits per heavy atom. The molecule has 2 rings (SSSR count). The van der Waals surface area contributed by atoms with Crippen LogP contribution in [0.3, 0.4) is 0 Å². The van der Waals surface area contributed by atoms with Crippen molar-refractivity contribution in [3.8, 4) is 0 Å². The molecule has 0 saturated heterocycles. The van der Waals surface area contributed by atoms with Crippen molar-refractivity contribution < 1.29 is 4.42 Å². The summed E-state index contributed by atoms with van der Waals surface area (Å²) >= 11 is 6.13.